The molecule has 0 aliphatic rings. The molecule has 0 rings (SSSR count). The van der Waals surface area contributed by atoms with E-state index >= 15 is 0 Å². The molecule has 2 nitrogen and oxygen atoms in total. The predicted molar refractivity (Wildman–Crippen MR) is 43.2 cm³/mol. The van der Waals surface area contributed by atoms with E-state index < -0.39 is 0 Å². The molecule has 0 bridgehead atoms. The summed E-state index contributed by atoms with van der Waals surface area (Å²) in [6.07, 6.45) is 0. The van der Waals surface area contributed by atoms with Gasteiger partial charge in [-0.25, -0.2) is 0 Å². The van der Waals surface area contributed by atoms with Crippen LogP contribution in [0.3, 0.4) is 0 Å². The van der Waals surface area contributed by atoms with E-state index in [-0.39, 0.29) is 17.3 Å². The standard InChI is InChI=1S/C7H14ClNO/c1-7(2,3)9(4)6(10)5-8/h5H2,1-4H3. The van der Waals surface area contributed by atoms with Crippen molar-refractivity contribution >= 4 is 17.5 Å². The Hall–Kier alpha value is -0.240. The fraction of sp³-hybridized carbons (Fsp3) is 0.857. The Kier molecular flexibility index (Phi) is 3.16. The van der Waals surface area contributed by atoms with Crippen molar-refractivity contribution in [3.05, 3.63) is 0 Å². The molecule has 0 radical (unpaired) electrons. The molecule has 0 unspecified atom stereocenters. The molecular formula is C7H14ClNO. The van der Waals surface area contributed by atoms with Gasteiger partial charge in [0.15, 0.2) is 0 Å². The van der Waals surface area contributed by atoms with E-state index in [0.717, 1.165) is 0 Å². The number of hydrogen-bond acceptors (Lipinski definition) is 1. The molecule has 0 heterocycles. The quantitative estimate of drug-likeness (QED) is 0.537. The Morgan fingerprint density at radius 3 is 2.00 bits per heavy atom. The Labute approximate surface area is 67.2 Å². The smallest absolute Gasteiger partial charge is 0.237 e. The molecule has 10 heavy (non-hydrogen) atoms. The van der Waals surface area contributed by atoms with E-state index in [4.69, 9.17) is 11.6 Å². The number of rotatable bonds is 1. The first-order chi connectivity index (χ1) is 4.39. The van der Waals surface area contributed by atoms with Gasteiger partial charge in [-0.3, -0.25) is 4.79 Å². The maximum atomic E-state index is 11.0. The van der Waals surface area contributed by atoms with E-state index in [1.54, 1.807) is 11.9 Å². The van der Waals surface area contributed by atoms with Crippen LogP contribution in [0.4, 0.5) is 0 Å². The molecule has 60 valence electrons. The van der Waals surface area contributed by atoms with Gasteiger partial charge in [0.05, 0.1) is 0 Å². The average Bonchev–Trinajstić information content (AvgIpc) is 1.83. The minimum atomic E-state index is -0.119. The predicted octanol–water partition coefficient (Wildman–Crippen LogP) is 1.48. The second kappa shape index (κ2) is 3.24. The maximum Gasteiger partial charge on any atom is 0.237 e. The van der Waals surface area contributed by atoms with Crippen LogP contribution in [0, 0.1) is 0 Å². The maximum absolute atomic E-state index is 11.0. The molecule has 1 amide bonds. The molecule has 0 N–H and O–H groups in total. The number of nitrogens with zero attached hydrogens (tertiary/aromatic N) is 1. The average molecular weight is 164 g/mol. The summed E-state index contributed by atoms with van der Waals surface area (Å²) in [7, 11) is 1.75. The lowest BCUT2D eigenvalue weighted by atomic mass is 10.1. The van der Waals surface area contributed by atoms with Crippen molar-refractivity contribution in [2.24, 2.45) is 0 Å². The molecule has 0 aromatic rings. The second-order valence-electron chi connectivity index (χ2n) is 3.26. The van der Waals surface area contributed by atoms with Crippen LogP contribution in [-0.2, 0) is 4.79 Å². The van der Waals surface area contributed by atoms with Crippen LogP contribution in [0.1, 0.15) is 20.8 Å². The summed E-state index contributed by atoms with van der Waals surface area (Å²) in [5, 5.41) is 0. The molecule has 0 saturated heterocycles. The van der Waals surface area contributed by atoms with Crippen LogP contribution in [0.2, 0.25) is 0 Å². The summed E-state index contributed by atoms with van der Waals surface area (Å²) in [6.45, 7) is 5.91. The molecule has 0 aromatic carbocycles. The lowest BCUT2D eigenvalue weighted by molar-refractivity contribution is -0.131. The number of carbonyl (C=O) groups excluding carboxylic acids is 1. The molecule has 0 aliphatic carbocycles. The zero-order chi connectivity index (χ0) is 8.36. The van der Waals surface area contributed by atoms with Gasteiger partial charge in [-0.2, -0.15) is 0 Å². The van der Waals surface area contributed by atoms with Crippen molar-refractivity contribution in [2.75, 3.05) is 12.9 Å². The second-order valence-corrected chi connectivity index (χ2v) is 3.52. The normalized spacial score (nSPS) is 11.3. The minimum absolute atomic E-state index is 0.0332. The van der Waals surface area contributed by atoms with Gasteiger partial charge in [0.2, 0.25) is 5.91 Å². The lowest BCUT2D eigenvalue weighted by Crippen LogP contribution is -2.43. The highest BCUT2D eigenvalue weighted by Gasteiger charge is 2.20. The highest BCUT2D eigenvalue weighted by Crippen LogP contribution is 2.10. The third kappa shape index (κ3) is 2.56. The van der Waals surface area contributed by atoms with E-state index in [9.17, 15) is 4.79 Å². The van der Waals surface area contributed by atoms with Gasteiger partial charge in [-0.05, 0) is 20.8 Å². The third-order valence-corrected chi connectivity index (χ3v) is 1.72. The number of halogens is 1. The van der Waals surface area contributed by atoms with Gasteiger partial charge >= 0.3 is 0 Å². The zero-order valence-corrected chi connectivity index (χ0v) is 7.70. The summed E-state index contributed by atoms with van der Waals surface area (Å²) in [6, 6.07) is 0. The van der Waals surface area contributed by atoms with Gasteiger partial charge in [0.1, 0.15) is 5.88 Å². The Morgan fingerprint density at radius 2 is 1.90 bits per heavy atom. The molecule has 3 heteroatoms. The van der Waals surface area contributed by atoms with Crippen molar-refractivity contribution in [3.8, 4) is 0 Å². The Bertz CT molecular complexity index is 128. The highest BCUT2D eigenvalue weighted by atomic mass is 35.5. The van der Waals surface area contributed by atoms with Crippen LogP contribution in [0.15, 0.2) is 0 Å². The van der Waals surface area contributed by atoms with Crippen LogP contribution < -0.4 is 0 Å². The monoisotopic (exact) mass is 163 g/mol. The summed E-state index contributed by atoms with van der Waals surface area (Å²) < 4.78 is 0. The molecule has 0 atom stereocenters. The fourth-order valence-electron chi connectivity index (χ4n) is 0.464. The van der Waals surface area contributed by atoms with Gasteiger partial charge in [-0.15, -0.1) is 11.6 Å². The number of amides is 1. The van der Waals surface area contributed by atoms with Crippen molar-refractivity contribution in [2.45, 2.75) is 26.3 Å². The van der Waals surface area contributed by atoms with Crippen molar-refractivity contribution in [1.29, 1.82) is 0 Å². The van der Waals surface area contributed by atoms with Crippen molar-refractivity contribution < 1.29 is 4.79 Å². The summed E-state index contributed by atoms with van der Waals surface area (Å²) in [4.78, 5) is 12.6. The van der Waals surface area contributed by atoms with Gasteiger partial charge in [0.25, 0.3) is 0 Å². The first-order valence-electron chi connectivity index (χ1n) is 3.22. The zero-order valence-electron chi connectivity index (χ0n) is 6.94. The highest BCUT2D eigenvalue weighted by molar-refractivity contribution is 6.27. The molecule has 0 spiro atoms. The Morgan fingerprint density at radius 1 is 1.50 bits per heavy atom. The van der Waals surface area contributed by atoms with Gasteiger partial charge in [-0.1, -0.05) is 0 Å². The van der Waals surface area contributed by atoms with Gasteiger partial charge in [0, 0.05) is 12.6 Å². The summed E-state index contributed by atoms with van der Waals surface area (Å²) >= 11 is 5.36. The molecule has 0 fully saturated rings. The first-order valence-corrected chi connectivity index (χ1v) is 3.75. The van der Waals surface area contributed by atoms with Crippen LogP contribution in [-0.4, -0.2) is 29.3 Å². The number of alkyl halides is 1. The van der Waals surface area contributed by atoms with Crippen LogP contribution in [0.5, 0.6) is 0 Å². The SMILES string of the molecule is CN(C(=O)CCl)C(C)(C)C. The van der Waals surface area contributed by atoms with E-state index in [1.165, 1.54) is 0 Å². The molecule has 0 saturated carbocycles. The van der Waals surface area contributed by atoms with Crippen molar-refractivity contribution in [3.63, 3.8) is 0 Å². The minimum Gasteiger partial charge on any atom is -0.340 e. The summed E-state index contributed by atoms with van der Waals surface area (Å²) in [5.74, 6) is 0.0301. The number of hydrogen-bond donors (Lipinski definition) is 0. The van der Waals surface area contributed by atoms with E-state index in [1.807, 2.05) is 20.8 Å². The first kappa shape index (κ1) is 9.76. The Balaban J connectivity index is 4.08. The van der Waals surface area contributed by atoms with E-state index in [2.05, 4.69) is 0 Å². The van der Waals surface area contributed by atoms with E-state index in [0.29, 0.717) is 0 Å². The molecule has 0 aromatic heterocycles. The molecular weight excluding hydrogens is 150 g/mol. The number of carbonyl (C=O) groups is 1. The van der Waals surface area contributed by atoms with Crippen molar-refractivity contribution in [1.82, 2.24) is 4.90 Å². The fourth-order valence-corrected chi connectivity index (χ4v) is 0.643. The molecule has 0 aliphatic heterocycles. The largest absolute Gasteiger partial charge is 0.340 e. The topological polar surface area (TPSA) is 20.3 Å². The summed E-state index contributed by atoms with van der Waals surface area (Å²) in [5.41, 5.74) is -0.119. The van der Waals surface area contributed by atoms with Crippen LogP contribution in [0.25, 0.3) is 0 Å². The van der Waals surface area contributed by atoms with Crippen LogP contribution >= 0.6 is 11.6 Å². The van der Waals surface area contributed by atoms with Gasteiger partial charge < -0.3 is 4.90 Å². The lowest BCUT2D eigenvalue weighted by Gasteiger charge is -2.31. The third-order valence-electron chi connectivity index (χ3n) is 1.49.